The van der Waals surface area contributed by atoms with Crippen LogP contribution in [0.1, 0.15) is 51.1 Å². The van der Waals surface area contributed by atoms with E-state index in [0.29, 0.717) is 6.04 Å². The summed E-state index contributed by atoms with van der Waals surface area (Å²) in [5.41, 5.74) is 1.31. The first kappa shape index (κ1) is 14.4. The van der Waals surface area contributed by atoms with Gasteiger partial charge < -0.3 is 10.1 Å². The van der Waals surface area contributed by atoms with Gasteiger partial charge in [-0.1, -0.05) is 31.9 Å². The molecule has 0 bridgehead atoms. The SMILES string of the molecule is COc1cccc([C@@H](C)NCC2CCCC(C)C2)c1. The zero-order valence-electron chi connectivity index (χ0n) is 12.5. The second-order valence-corrected chi connectivity index (χ2v) is 6.04. The summed E-state index contributed by atoms with van der Waals surface area (Å²) in [6.45, 7) is 5.77. The average molecular weight is 261 g/mol. The number of rotatable bonds is 5. The van der Waals surface area contributed by atoms with Gasteiger partial charge in [-0.05, 0) is 55.8 Å². The highest BCUT2D eigenvalue weighted by Crippen LogP contribution is 2.28. The van der Waals surface area contributed by atoms with Gasteiger partial charge in [0.1, 0.15) is 5.75 Å². The third-order valence-corrected chi connectivity index (χ3v) is 4.35. The fraction of sp³-hybridized carbons (Fsp3) is 0.647. The second-order valence-electron chi connectivity index (χ2n) is 6.04. The molecule has 0 radical (unpaired) electrons. The molecule has 2 unspecified atom stereocenters. The van der Waals surface area contributed by atoms with Gasteiger partial charge in [-0.25, -0.2) is 0 Å². The molecule has 1 aromatic carbocycles. The molecule has 0 heterocycles. The number of ether oxygens (including phenoxy) is 1. The summed E-state index contributed by atoms with van der Waals surface area (Å²) in [7, 11) is 1.72. The first-order valence-corrected chi connectivity index (χ1v) is 7.56. The van der Waals surface area contributed by atoms with Crippen molar-refractivity contribution in [3.05, 3.63) is 29.8 Å². The molecule has 2 nitrogen and oxygen atoms in total. The van der Waals surface area contributed by atoms with Crippen molar-refractivity contribution in [2.45, 2.75) is 45.6 Å². The number of benzene rings is 1. The lowest BCUT2D eigenvalue weighted by atomic mass is 9.82. The third-order valence-electron chi connectivity index (χ3n) is 4.35. The van der Waals surface area contributed by atoms with E-state index in [9.17, 15) is 0 Å². The van der Waals surface area contributed by atoms with Crippen molar-refractivity contribution < 1.29 is 4.74 Å². The van der Waals surface area contributed by atoms with Crippen molar-refractivity contribution in [1.82, 2.24) is 5.32 Å². The first-order valence-electron chi connectivity index (χ1n) is 7.56. The normalized spacial score (nSPS) is 25.0. The monoisotopic (exact) mass is 261 g/mol. The van der Waals surface area contributed by atoms with Crippen LogP contribution in [-0.2, 0) is 0 Å². The molecule has 1 aliphatic carbocycles. The predicted octanol–water partition coefficient (Wildman–Crippen LogP) is 4.17. The van der Waals surface area contributed by atoms with Crippen molar-refractivity contribution in [3.8, 4) is 5.75 Å². The van der Waals surface area contributed by atoms with E-state index < -0.39 is 0 Å². The summed E-state index contributed by atoms with van der Waals surface area (Å²) in [5, 5.41) is 3.68. The highest BCUT2D eigenvalue weighted by atomic mass is 16.5. The van der Waals surface area contributed by atoms with Gasteiger partial charge in [0.15, 0.2) is 0 Å². The predicted molar refractivity (Wildman–Crippen MR) is 80.5 cm³/mol. The zero-order valence-corrected chi connectivity index (χ0v) is 12.5. The minimum atomic E-state index is 0.396. The van der Waals surface area contributed by atoms with Crippen molar-refractivity contribution in [2.24, 2.45) is 11.8 Å². The van der Waals surface area contributed by atoms with Crippen molar-refractivity contribution >= 4 is 0 Å². The van der Waals surface area contributed by atoms with Gasteiger partial charge in [0.05, 0.1) is 7.11 Å². The van der Waals surface area contributed by atoms with E-state index in [-0.39, 0.29) is 0 Å². The Bertz CT molecular complexity index is 391. The molecule has 1 saturated carbocycles. The third kappa shape index (κ3) is 4.24. The molecule has 1 aromatic rings. The van der Waals surface area contributed by atoms with E-state index in [1.165, 1.54) is 31.2 Å². The maximum absolute atomic E-state index is 5.29. The summed E-state index contributed by atoms with van der Waals surface area (Å²) in [5.74, 6) is 2.71. The maximum Gasteiger partial charge on any atom is 0.119 e. The molecule has 2 rings (SSSR count). The highest BCUT2D eigenvalue weighted by molar-refractivity contribution is 5.30. The van der Waals surface area contributed by atoms with Crippen molar-refractivity contribution in [3.63, 3.8) is 0 Å². The number of nitrogens with one attached hydrogen (secondary N) is 1. The molecule has 2 heteroatoms. The molecule has 1 fully saturated rings. The smallest absolute Gasteiger partial charge is 0.119 e. The van der Waals surface area contributed by atoms with E-state index in [1.54, 1.807) is 7.11 Å². The van der Waals surface area contributed by atoms with E-state index in [4.69, 9.17) is 4.74 Å². The Morgan fingerprint density at radius 3 is 2.95 bits per heavy atom. The second kappa shape index (κ2) is 6.95. The lowest BCUT2D eigenvalue weighted by molar-refractivity contribution is 0.268. The van der Waals surface area contributed by atoms with Gasteiger partial charge in [0.25, 0.3) is 0 Å². The standard InChI is InChI=1S/C17H27NO/c1-13-6-4-7-15(10-13)12-18-14(2)16-8-5-9-17(11-16)19-3/h5,8-9,11,13-15,18H,4,6-7,10,12H2,1-3H3/t13?,14-,15?/m1/s1. The van der Waals surface area contributed by atoms with Crippen molar-refractivity contribution in [1.29, 1.82) is 0 Å². The van der Waals surface area contributed by atoms with Crippen LogP contribution < -0.4 is 10.1 Å². The molecule has 1 aliphatic rings. The van der Waals surface area contributed by atoms with Gasteiger partial charge in [-0.15, -0.1) is 0 Å². The molecule has 19 heavy (non-hydrogen) atoms. The van der Waals surface area contributed by atoms with Crippen LogP contribution in [0.4, 0.5) is 0 Å². The summed E-state index contributed by atoms with van der Waals surface area (Å²) in [4.78, 5) is 0. The van der Waals surface area contributed by atoms with Gasteiger partial charge in [-0.3, -0.25) is 0 Å². The number of methoxy groups -OCH3 is 1. The summed E-state index contributed by atoms with van der Waals surface area (Å²) < 4.78 is 5.29. The number of hydrogen-bond donors (Lipinski definition) is 1. The van der Waals surface area contributed by atoms with Crippen LogP contribution in [0.3, 0.4) is 0 Å². The molecule has 0 saturated heterocycles. The molecule has 0 spiro atoms. The summed E-state index contributed by atoms with van der Waals surface area (Å²) in [6, 6.07) is 8.76. The van der Waals surface area contributed by atoms with Crippen LogP contribution in [-0.4, -0.2) is 13.7 Å². The Labute approximate surface area is 117 Å². The lowest BCUT2D eigenvalue weighted by Crippen LogP contribution is -2.28. The minimum Gasteiger partial charge on any atom is -0.497 e. The zero-order chi connectivity index (χ0) is 13.7. The Kier molecular flexibility index (Phi) is 5.26. The van der Waals surface area contributed by atoms with Gasteiger partial charge in [-0.2, -0.15) is 0 Å². The molecule has 0 aromatic heterocycles. The molecular formula is C17H27NO. The Balaban J connectivity index is 1.84. The fourth-order valence-corrected chi connectivity index (χ4v) is 3.12. The van der Waals surface area contributed by atoms with Gasteiger partial charge in [0.2, 0.25) is 0 Å². The maximum atomic E-state index is 5.29. The molecular weight excluding hydrogens is 234 g/mol. The van der Waals surface area contributed by atoms with E-state index >= 15 is 0 Å². The largest absolute Gasteiger partial charge is 0.497 e. The average Bonchev–Trinajstić information content (AvgIpc) is 2.45. The van der Waals surface area contributed by atoms with E-state index in [0.717, 1.165) is 24.1 Å². The van der Waals surface area contributed by atoms with E-state index in [2.05, 4.69) is 37.4 Å². The summed E-state index contributed by atoms with van der Waals surface area (Å²) >= 11 is 0. The van der Waals surface area contributed by atoms with Crippen LogP contribution in [0.15, 0.2) is 24.3 Å². The Hall–Kier alpha value is -1.02. The summed E-state index contributed by atoms with van der Waals surface area (Å²) in [6.07, 6.45) is 5.60. The molecule has 0 aliphatic heterocycles. The van der Waals surface area contributed by atoms with Gasteiger partial charge >= 0.3 is 0 Å². The Morgan fingerprint density at radius 2 is 2.21 bits per heavy atom. The Morgan fingerprint density at radius 1 is 1.37 bits per heavy atom. The van der Waals surface area contributed by atoms with Crippen LogP contribution in [0, 0.1) is 11.8 Å². The van der Waals surface area contributed by atoms with Gasteiger partial charge in [0, 0.05) is 6.04 Å². The molecule has 3 atom stereocenters. The minimum absolute atomic E-state index is 0.396. The number of hydrogen-bond acceptors (Lipinski definition) is 2. The highest BCUT2D eigenvalue weighted by Gasteiger charge is 2.19. The van der Waals surface area contributed by atoms with Crippen LogP contribution in [0.5, 0.6) is 5.75 Å². The first-order chi connectivity index (χ1) is 9.19. The molecule has 0 amide bonds. The fourth-order valence-electron chi connectivity index (χ4n) is 3.12. The van der Waals surface area contributed by atoms with Crippen LogP contribution in [0.2, 0.25) is 0 Å². The molecule has 1 N–H and O–H groups in total. The lowest BCUT2D eigenvalue weighted by Gasteiger charge is -2.28. The molecule has 106 valence electrons. The van der Waals surface area contributed by atoms with Crippen LogP contribution >= 0.6 is 0 Å². The van der Waals surface area contributed by atoms with E-state index in [1.807, 2.05) is 6.07 Å². The van der Waals surface area contributed by atoms with Crippen molar-refractivity contribution in [2.75, 3.05) is 13.7 Å². The van der Waals surface area contributed by atoms with Crippen LogP contribution in [0.25, 0.3) is 0 Å². The topological polar surface area (TPSA) is 21.3 Å². The quantitative estimate of drug-likeness (QED) is 0.859.